The van der Waals surface area contributed by atoms with Crippen LogP contribution in [-0.2, 0) is 0 Å². The molecule has 0 amide bonds. The van der Waals surface area contributed by atoms with Crippen LogP contribution >= 0.6 is 0 Å². The fourth-order valence-corrected chi connectivity index (χ4v) is 7.92. The van der Waals surface area contributed by atoms with Gasteiger partial charge in [0.25, 0.3) is 5.95 Å². The molecule has 0 saturated heterocycles. The van der Waals surface area contributed by atoms with Crippen molar-refractivity contribution in [1.29, 1.82) is 0 Å². The largest absolute Gasteiger partial charge is 0.454 e. The number of aromatic nitrogens is 2. The smallest absolute Gasteiger partial charge is 0.251 e. The van der Waals surface area contributed by atoms with Crippen LogP contribution in [0.15, 0.2) is 174 Å². The van der Waals surface area contributed by atoms with Gasteiger partial charge in [-0.1, -0.05) is 140 Å². The fraction of sp³-hybridized carbons (Fsp3) is 0. The first-order valence-electron chi connectivity index (χ1n) is 17.6. The SMILES string of the molecule is [2H]c1cccc2c1oc1c3c(c4ccccc4c12)-c1c(ccc2ccccc12)N(c1ccccc1)N3c1nc(-c2ccccc2)c2ccccc2n1. The molecule has 51 heavy (non-hydrogen) atoms. The molecular weight excluding hydrogens is 625 g/mol. The van der Waals surface area contributed by atoms with E-state index < -0.39 is 0 Å². The minimum absolute atomic E-state index is 0.341. The molecule has 8 aromatic carbocycles. The van der Waals surface area contributed by atoms with Crippen LogP contribution in [-0.4, -0.2) is 9.97 Å². The van der Waals surface area contributed by atoms with Crippen LogP contribution in [0, 0.1) is 0 Å². The minimum atomic E-state index is 0.341. The first kappa shape index (κ1) is 26.9. The zero-order valence-electron chi connectivity index (χ0n) is 28.3. The molecule has 2 aromatic heterocycles. The van der Waals surface area contributed by atoms with Crippen molar-refractivity contribution in [3.63, 3.8) is 0 Å². The van der Waals surface area contributed by atoms with Crippen molar-refractivity contribution < 1.29 is 5.79 Å². The molecule has 0 aliphatic carbocycles. The molecular formula is C46H28N4O. The van der Waals surface area contributed by atoms with Gasteiger partial charge in [0.2, 0.25) is 0 Å². The molecule has 11 rings (SSSR count). The molecule has 0 saturated carbocycles. The third-order valence-electron chi connectivity index (χ3n) is 10.1. The number of nitrogens with zero attached hydrogens (tertiary/aromatic N) is 4. The van der Waals surface area contributed by atoms with E-state index in [4.69, 9.17) is 15.8 Å². The number of para-hydroxylation sites is 3. The van der Waals surface area contributed by atoms with E-state index in [1.165, 1.54) is 0 Å². The maximum Gasteiger partial charge on any atom is 0.251 e. The van der Waals surface area contributed by atoms with Gasteiger partial charge in [-0.05, 0) is 51.9 Å². The standard InChI is InChI=1S/C46H28N4O/c1-3-16-30(17-4-1)43-35-23-11-13-25-37(35)47-46(48-43)50-44-42(34-22-10-9-21-33(34)40-36-24-12-14-26-39(36)51-45(40)44)41-32-20-8-7-15-29(32)27-28-38(41)49(50)31-18-5-2-6-19-31/h1-28H/i26D. The van der Waals surface area contributed by atoms with E-state index in [1.54, 1.807) is 6.07 Å². The molecule has 0 atom stereocenters. The van der Waals surface area contributed by atoms with Crippen LogP contribution in [0.3, 0.4) is 0 Å². The van der Waals surface area contributed by atoms with Gasteiger partial charge in [0.15, 0.2) is 5.58 Å². The lowest BCUT2D eigenvalue weighted by Crippen LogP contribution is -2.40. The molecule has 0 spiro atoms. The summed E-state index contributed by atoms with van der Waals surface area (Å²) < 4.78 is 15.9. The Morgan fingerprint density at radius 3 is 2.02 bits per heavy atom. The van der Waals surface area contributed by atoms with Crippen molar-refractivity contribution in [3.8, 4) is 22.4 Å². The lowest BCUT2D eigenvalue weighted by atomic mass is 9.87. The Kier molecular flexibility index (Phi) is 5.68. The van der Waals surface area contributed by atoms with E-state index in [0.717, 1.165) is 82.7 Å². The number of benzene rings is 8. The number of hydrogen-bond donors (Lipinski definition) is 0. The van der Waals surface area contributed by atoms with Crippen molar-refractivity contribution in [2.75, 3.05) is 10.0 Å². The van der Waals surface area contributed by atoms with Gasteiger partial charge in [-0.25, -0.2) is 20.0 Å². The number of anilines is 4. The van der Waals surface area contributed by atoms with Crippen LogP contribution in [0.1, 0.15) is 1.37 Å². The van der Waals surface area contributed by atoms with Crippen LogP contribution < -0.4 is 10.0 Å². The molecule has 3 heterocycles. The average Bonchev–Trinajstić information content (AvgIpc) is 3.61. The topological polar surface area (TPSA) is 45.4 Å². The molecule has 238 valence electrons. The highest BCUT2D eigenvalue weighted by molar-refractivity contribution is 6.30. The Bertz CT molecular complexity index is 3050. The van der Waals surface area contributed by atoms with Gasteiger partial charge in [0, 0.05) is 32.8 Å². The highest BCUT2D eigenvalue weighted by atomic mass is 16.3. The van der Waals surface area contributed by atoms with E-state index in [-0.39, 0.29) is 0 Å². The van der Waals surface area contributed by atoms with Gasteiger partial charge in [-0.2, -0.15) is 0 Å². The van der Waals surface area contributed by atoms with Crippen molar-refractivity contribution >= 4 is 77.4 Å². The first-order chi connectivity index (χ1) is 25.7. The van der Waals surface area contributed by atoms with Gasteiger partial charge in [0.1, 0.15) is 11.3 Å². The molecule has 1 aliphatic heterocycles. The molecule has 0 unspecified atom stereocenters. The second kappa shape index (κ2) is 10.8. The highest BCUT2D eigenvalue weighted by Crippen LogP contribution is 2.57. The normalized spacial score (nSPS) is 12.9. The summed E-state index contributed by atoms with van der Waals surface area (Å²) in [5.41, 5.74) is 8.81. The Labute approximate surface area is 294 Å². The van der Waals surface area contributed by atoms with Gasteiger partial charge in [-0.3, -0.25) is 0 Å². The summed E-state index contributed by atoms with van der Waals surface area (Å²) in [5, 5.41) is 11.6. The number of fused-ring (bicyclic) bond motifs is 13. The zero-order valence-corrected chi connectivity index (χ0v) is 27.3. The summed E-state index contributed by atoms with van der Waals surface area (Å²) in [6.45, 7) is 0. The van der Waals surface area contributed by atoms with Gasteiger partial charge in [-0.15, -0.1) is 0 Å². The molecule has 1 aliphatic rings. The molecule has 5 heteroatoms. The number of hydrazine groups is 1. The Morgan fingerprint density at radius 1 is 0.510 bits per heavy atom. The summed E-state index contributed by atoms with van der Waals surface area (Å²) in [6.07, 6.45) is 0. The first-order valence-corrected chi connectivity index (χ1v) is 17.1. The predicted molar refractivity (Wildman–Crippen MR) is 210 cm³/mol. The molecule has 10 aromatic rings. The Hall–Kier alpha value is -6.98. The lowest BCUT2D eigenvalue weighted by Gasteiger charge is -2.43. The molecule has 0 N–H and O–H groups in total. The van der Waals surface area contributed by atoms with Crippen LogP contribution in [0.25, 0.3) is 76.8 Å². The van der Waals surface area contributed by atoms with E-state index in [9.17, 15) is 0 Å². The summed E-state index contributed by atoms with van der Waals surface area (Å²) in [4.78, 5) is 10.8. The number of hydrogen-bond acceptors (Lipinski definition) is 5. The third-order valence-corrected chi connectivity index (χ3v) is 10.1. The molecule has 0 radical (unpaired) electrons. The molecule has 5 nitrogen and oxygen atoms in total. The maximum atomic E-state index is 8.93. The summed E-state index contributed by atoms with van der Waals surface area (Å²) in [7, 11) is 0. The van der Waals surface area contributed by atoms with Crippen molar-refractivity contribution in [1.82, 2.24) is 9.97 Å². The third kappa shape index (κ3) is 4.03. The van der Waals surface area contributed by atoms with E-state index in [1.807, 2.05) is 42.5 Å². The second-order valence-corrected chi connectivity index (χ2v) is 12.9. The number of rotatable bonds is 3. The van der Waals surface area contributed by atoms with E-state index >= 15 is 0 Å². The lowest BCUT2D eigenvalue weighted by molar-refractivity contribution is 0.667. The number of furan rings is 1. The summed E-state index contributed by atoms with van der Waals surface area (Å²) >= 11 is 0. The van der Waals surface area contributed by atoms with Crippen molar-refractivity contribution in [2.24, 2.45) is 0 Å². The minimum Gasteiger partial charge on any atom is -0.454 e. The summed E-state index contributed by atoms with van der Waals surface area (Å²) in [6, 6.07) is 56.5. The van der Waals surface area contributed by atoms with Gasteiger partial charge < -0.3 is 4.42 Å². The van der Waals surface area contributed by atoms with E-state index in [0.29, 0.717) is 23.2 Å². The molecule has 0 fully saturated rings. The van der Waals surface area contributed by atoms with Crippen LogP contribution in [0.5, 0.6) is 0 Å². The Morgan fingerprint density at radius 2 is 1.18 bits per heavy atom. The van der Waals surface area contributed by atoms with Crippen molar-refractivity contribution in [3.05, 3.63) is 170 Å². The fourth-order valence-electron chi connectivity index (χ4n) is 7.92. The van der Waals surface area contributed by atoms with E-state index in [2.05, 4.69) is 125 Å². The quantitative estimate of drug-likeness (QED) is 0.190. The monoisotopic (exact) mass is 653 g/mol. The average molecular weight is 654 g/mol. The summed E-state index contributed by atoms with van der Waals surface area (Å²) in [5.74, 6) is 0.504. The van der Waals surface area contributed by atoms with Crippen molar-refractivity contribution in [2.45, 2.75) is 0 Å². The predicted octanol–water partition coefficient (Wildman–Crippen LogP) is 12.4. The zero-order chi connectivity index (χ0) is 34.3. The maximum absolute atomic E-state index is 8.93. The Balaban J connectivity index is 1.38. The van der Waals surface area contributed by atoms with Gasteiger partial charge >= 0.3 is 0 Å². The van der Waals surface area contributed by atoms with Crippen LogP contribution in [0.2, 0.25) is 0 Å². The molecule has 0 bridgehead atoms. The van der Waals surface area contributed by atoms with Gasteiger partial charge in [0.05, 0.1) is 24.0 Å². The highest BCUT2D eigenvalue weighted by Gasteiger charge is 2.38. The van der Waals surface area contributed by atoms with Crippen LogP contribution in [0.4, 0.5) is 23.0 Å². The second-order valence-electron chi connectivity index (χ2n) is 12.9.